The van der Waals surface area contributed by atoms with Crippen LogP contribution in [0, 0.1) is 24.1 Å². The summed E-state index contributed by atoms with van der Waals surface area (Å²) in [6, 6.07) is 10.3. The van der Waals surface area contributed by atoms with E-state index in [1.807, 2.05) is 0 Å². The van der Waals surface area contributed by atoms with Gasteiger partial charge in [-0.2, -0.15) is 9.49 Å². The molecule has 2 N–H and O–H groups in total. The Kier molecular flexibility index (Phi) is 6.59. The van der Waals surface area contributed by atoms with Gasteiger partial charge in [0, 0.05) is 18.7 Å². The van der Waals surface area contributed by atoms with Gasteiger partial charge in [-0.3, -0.25) is 4.79 Å². The number of ether oxygens (including phenoxy) is 1. The highest BCUT2D eigenvalue weighted by Crippen LogP contribution is 2.36. The number of hydrogen-bond acceptors (Lipinski definition) is 6. The van der Waals surface area contributed by atoms with Crippen molar-refractivity contribution in [3.63, 3.8) is 0 Å². The van der Waals surface area contributed by atoms with Crippen molar-refractivity contribution in [1.29, 1.82) is 0 Å². The molecule has 2 aromatic carbocycles. The minimum Gasteiger partial charge on any atom is -0.454 e. The number of carbonyl (C=O) groups is 1. The van der Waals surface area contributed by atoms with Crippen molar-refractivity contribution in [2.75, 3.05) is 18.8 Å². The van der Waals surface area contributed by atoms with Gasteiger partial charge in [0.15, 0.2) is 17.2 Å². The molecule has 11 heteroatoms. The molecule has 1 amide bonds. The summed E-state index contributed by atoms with van der Waals surface area (Å²) < 4.78 is 34.9. The highest BCUT2D eigenvalue weighted by molar-refractivity contribution is 5.98. The van der Waals surface area contributed by atoms with Crippen molar-refractivity contribution >= 4 is 22.8 Å². The third kappa shape index (κ3) is 4.84. The van der Waals surface area contributed by atoms with Crippen LogP contribution in [0.5, 0.6) is 11.5 Å². The molecule has 0 unspecified atom stereocenters. The van der Waals surface area contributed by atoms with Gasteiger partial charge in [-0.1, -0.05) is 12.1 Å². The minimum atomic E-state index is -1.06. The first-order valence-electron chi connectivity index (χ1n) is 13.0. The Morgan fingerprint density at radius 1 is 1.12 bits per heavy atom. The Labute approximate surface area is 228 Å². The molecule has 202 valence electrons. The zero-order valence-electron chi connectivity index (χ0n) is 21.4. The fraction of sp³-hybridized carbons (Fsp3) is 0.276. The number of benzene rings is 2. The lowest BCUT2D eigenvalue weighted by atomic mass is 10.1. The van der Waals surface area contributed by atoms with E-state index < -0.39 is 11.6 Å². The maximum atomic E-state index is 14.0. The van der Waals surface area contributed by atoms with Crippen LogP contribution in [-0.2, 0) is 4.79 Å². The molecule has 9 nitrogen and oxygen atoms in total. The van der Waals surface area contributed by atoms with E-state index in [0.29, 0.717) is 47.0 Å². The monoisotopic (exact) mass is 541 g/mol. The molecule has 40 heavy (non-hydrogen) atoms. The standard InChI is InChI=1S/C29H25F2N7O2/c1-33-22(14-17-7-8-17)29(39)37-13-3-4-19(15-37)38-28-24(27(32)34-16-35-28)26(36-38)18-9-11-20(12-10-18)40-23-6-2-5-21(30)25(23)31/h2,5-6,9-12,14,16-17,19H,3-4,7-8,13,15H2,(H2,32,34,35)/t19-/m1/s1. The van der Waals surface area contributed by atoms with Crippen LogP contribution in [0.3, 0.4) is 0 Å². The zero-order chi connectivity index (χ0) is 27.8. The predicted octanol–water partition coefficient (Wildman–Crippen LogP) is 5.52. The summed E-state index contributed by atoms with van der Waals surface area (Å²) in [5, 5.41) is 5.45. The third-order valence-corrected chi connectivity index (χ3v) is 7.17. The molecule has 1 atom stereocenters. The lowest BCUT2D eigenvalue weighted by molar-refractivity contribution is -0.128. The molecule has 1 aliphatic carbocycles. The second-order valence-electron chi connectivity index (χ2n) is 9.98. The SMILES string of the molecule is [C-]#[N+]C(=CC1CC1)C(=O)N1CCC[C@@H](n2nc(-c3ccc(Oc4cccc(F)c4F)cc3)c3c(N)ncnc32)C1. The van der Waals surface area contributed by atoms with Crippen LogP contribution >= 0.6 is 0 Å². The summed E-state index contributed by atoms with van der Waals surface area (Å²) in [6.45, 7) is 8.45. The van der Waals surface area contributed by atoms with E-state index in [9.17, 15) is 13.6 Å². The Bertz CT molecular complexity index is 1670. The first-order chi connectivity index (χ1) is 19.4. The Hall–Kier alpha value is -4.85. The van der Waals surface area contributed by atoms with Gasteiger partial charge in [-0.25, -0.2) is 23.9 Å². The van der Waals surface area contributed by atoms with Crippen LogP contribution in [0.15, 0.2) is 60.6 Å². The number of amides is 1. The van der Waals surface area contributed by atoms with E-state index in [1.165, 1.54) is 18.5 Å². The smallest absolute Gasteiger partial charge is 0.252 e. The number of rotatable bonds is 6. The Morgan fingerprint density at radius 2 is 1.93 bits per heavy atom. The summed E-state index contributed by atoms with van der Waals surface area (Å²) in [5.41, 5.74) is 8.25. The molecular weight excluding hydrogens is 516 g/mol. The summed E-state index contributed by atoms with van der Waals surface area (Å²) in [5.74, 6) is -1.61. The molecule has 0 bridgehead atoms. The van der Waals surface area contributed by atoms with E-state index in [4.69, 9.17) is 22.1 Å². The molecule has 0 spiro atoms. The van der Waals surface area contributed by atoms with E-state index in [1.54, 1.807) is 39.9 Å². The molecule has 6 rings (SSSR count). The number of fused-ring (bicyclic) bond motifs is 1. The van der Waals surface area contributed by atoms with E-state index in [-0.39, 0.29) is 29.2 Å². The highest BCUT2D eigenvalue weighted by atomic mass is 19.2. The number of allylic oxidation sites excluding steroid dienone is 1. The fourth-order valence-electron chi connectivity index (χ4n) is 4.97. The largest absolute Gasteiger partial charge is 0.454 e. The summed E-state index contributed by atoms with van der Waals surface area (Å²) in [7, 11) is 0. The number of piperidine rings is 1. The van der Waals surface area contributed by atoms with Crippen LogP contribution in [0.4, 0.5) is 14.6 Å². The van der Waals surface area contributed by atoms with Crippen molar-refractivity contribution in [3.8, 4) is 22.8 Å². The number of carbonyl (C=O) groups excluding carboxylic acids is 1. The van der Waals surface area contributed by atoms with Crippen LogP contribution in [0.2, 0.25) is 0 Å². The van der Waals surface area contributed by atoms with Gasteiger partial charge in [0.05, 0.1) is 18.0 Å². The number of anilines is 1. The highest BCUT2D eigenvalue weighted by Gasteiger charge is 2.31. The molecule has 1 saturated carbocycles. The number of nitrogens with two attached hydrogens (primary N) is 1. The summed E-state index contributed by atoms with van der Waals surface area (Å²) in [4.78, 5) is 27.0. The van der Waals surface area contributed by atoms with Gasteiger partial charge in [0.2, 0.25) is 11.5 Å². The predicted molar refractivity (Wildman–Crippen MR) is 144 cm³/mol. The number of nitrogen functional groups attached to an aromatic ring is 1. The van der Waals surface area contributed by atoms with E-state index in [2.05, 4.69) is 14.8 Å². The molecule has 3 heterocycles. The zero-order valence-corrected chi connectivity index (χ0v) is 21.4. The topological polar surface area (TPSA) is 104 Å². The van der Waals surface area contributed by atoms with Gasteiger partial charge < -0.3 is 15.4 Å². The maximum absolute atomic E-state index is 14.0. The number of likely N-dealkylation sites (tertiary alicyclic amines) is 1. The van der Waals surface area contributed by atoms with Crippen LogP contribution in [0.1, 0.15) is 31.7 Å². The van der Waals surface area contributed by atoms with Crippen molar-refractivity contribution in [2.24, 2.45) is 5.92 Å². The first kappa shape index (κ1) is 25.4. The first-order valence-corrected chi connectivity index (χ1v) is 13.0. The van der Waals surface area contributed by atoms with E-state index >= 15 is 0 Å². The van der Waals surface area contributed by atoms with Gasteiger partial charge in [0.1, 0.15) is 23.6 Å². The molecule has 2 fully saturated rings. The Balaban J connectivity index is 1.30. The molecule has 4 aromatic rings. The molecular formula is C29H25F2N7O2. The van der Waals surface area contributed by atoms with Gasteiger partial charge >= 0.3 is 0 Å². The number of nitrogens with zero attached hydrogens (tertiary/aromatic N) is 6. The summed E-state index contributed by atoms with van der Waals surface area (Å²) >= 11 is 0. The molecule has 2 aliphatic rings. The minimum absolute atomic E-state index is 0.172. The van der Waals surface area contributed by atoms with Crippen molar-refractivity contribution in [1.82, 2.24) is 24.6 Å². The maximum Gasteiger partial charge on any atom is 0.252 e. The lowest BCUT2D eigenvalue weighted by Crippen LogP contribution is -2.41. The third-order valence-electron chi connectivity index (χ3n) is 7.17. The Morgan fingerprint density at radius 3 is 2.67 bits per heavy atom. The van der Waals surface area contributed by atoms with Crippen molar-refractivity contribution in [3.05, 3.63) is 83.6 Å². The lowest BCUT2D eigenvalue weighted by Gasteiger charge is -2.33. The fourth-order valence-corrected chi connectivity index (χ4v) is 4.97. The van der Waals surface area contributed by atoms with E-state index in [0.717, 1.165) is 31.7 Å². The van der Waals surface area contributed by atoms with Crippen LogP contribution in [0.25, 0.3) is 27.1 Å². The quantitative estimate of drug-likeness (QED) is 0.255. The van der Waals surface area contributed by atoms with Crippen LogP contribution < -0.4 is 10.5 Å². The van der Waals surface area contributed by atoms with Crippen molar-refractivity contribution < 1.29 is 18.3 Å². The van der Waals surface area contributed by atoms with Gasteiger partial charge in [0.25, 0.3) is 5.91 Å². The molecule has 2 aromatic heterocycles. The number of halogens is 2. The number of hydrogen-bond donors (Lipinski definition) is 1. The molecule has 1 saturated heterocycles. The average molecular weight is 542 g/mol. The number of aromatic nitrogens is 4. The van der Waals surface area contributed by atoms with Gasteiger partial charge in [-0.05, 0) is 68.0 Å². The van der Waals surface area contributed by atoms with Gasteiger partial charge in [-0.15, -0.1) is 0 Å². The molecule has 0 radical (unpaired) electrons. The second-order valence-corrected chi connectivity index (χ2v) is 9.98. The molecule has 1 aliphatic heterocycles. The van der Waals surface area contributed by atoms with Crippen LogP contribution in [-0.4, -0.2) is 43.6 Å². The average Bonchev–Trinajstić information content (AvgIpc) is 3.71. The van der Waals surface area contributed by atoms with Crippen molar-refractivity contribution in [2.45, 2.75) is 31.7 Å². The normalized spacial score (nSPS) is 17.6. The summed E-state index contributed by atoms with van der Waals surface area (Å²) in [6.07, 6.45) is 6.75. The second kappa shape index (κ2) is 10.4.